The Morgan fingerprint density at radius 2 is 2.00 bits per heavy atom. The standard InChI is InChI=1S/C18H18N2O4S/c1-11-4-6-14(24-11)13-10-25-18(19-13)20-17(21)9-12-5-7-15(22-2)16(8-12)23-3/h4-8,10H,9H2,1-3H3,(H,19,20,21). The Balaban J connectivity index is 1.66. The Labute approximate surface area is 149 Å². The normalized spacial score (nSPS) is 10.5. The number of ether oxygens (including phenoxy) is 2. The van der Waals surface area contributed by atoms with Crippen LogP contribution in [0.15, 0.2) is 40.1 Å². The molecule has 6 nitrogen and oxygen atoms in total. The summed E-state index contributed by atoms with van der Waals surface area (Å²) in [5, 5.41) is 5.20. The summed E-state index contributed by atoms with van der Waals surface area (Å²) in [6.45, 7) is 1.88. The number of aromatic nitrogens is 1. The van der Waals surface area contributed by atoms with Crippen LogP contribution in [-0.4, -0.2) is 25.1 Å². The largest absolute Gasteiger partial charge is 0.493 e. The molecular weight excluding hydrogens is 340 g/mol. The monoisotopic (exact) mass is 358 g/mol. The van der Waals surface area contributed by atoms with E-state index in [9.17, 15) is 4.79 Å². The first-order valence-corrected chi connectivity index (χ1v) is 8.50. The molecule has 3 aromatic rings. The van der Waals surface area contributed by atoms with Crippen molar-refractivity contribution in [1.82, 2.24) is 4.98 Å². The van der Waals surface area contributed by atoms with Crippen molar-refractivity contribution in [3.63, 3.8) is 0 Å². The maximum Gasteiger partial charge on any atom is 0.230 e. The summed E-state index contributed by atoms with van der Waals surface area (Å²) in [6, 6.07) is 9.14. The Bertz CT molecular complexity index is 885. The molecule has 2 aromatic heterocycles. The molecule has 0 radical (unpaired) electrons. The predicted octanol–water partition coefficient (Wildman–Crippen LogP) is 3.91. The predicted molar refractivity (Wildman–Crippen MR) is 96.4 cm³/mol. The number of thiazole rings is 1. The fraction of sp³-hybridized carbons (Fsp3) is 0.222. The Morgan fingerprint density at radius 3 is 2.68 bits per heavy atom. The van der Waals surface area contributed by atoms with Crippen LogP contribution in [0.4, 0.5) is 5.13 Å². The van der Waals surface area contributed by atoms with Crippen molar-refractivity contribution in [2.45, 2.75) is 13.3 Å². The number of hydrogen-bond donors (Lipinski definition) is 1. The number of aryl methyl sites for hydroxylation is 1. The Hall–Kier alpha value is -2.80. The molecule has 1 aromatic carbocycles. The van der Waals surface area contributed by atoms with E-state index in [-0.39, 0.29) is 12.3 Å². The zero-order valence-electron chi connectivity index (χ0n) is 14.2. The summed E-state index contributed by atoms with van der Waals surface area (Å²) >= 11 is 1.36. The van der Waals surface area contributed by atoms with E-state index in [1.54, 1.807) is 26.4 Å². The third-order valence-electron chi connectivity index (χ3n) is 3.56. The van der Waals surface area contributed by atoms with Gasteiger partial charge in [0, 0.05) is 5.38 Å². The number of furan rings is 1. The summed E-state index contributed by atoms with van der Waals surface area (Å²) in [6.07, 6.45) is 0.217. The first kappa shape index (κ1) is 17.0. The van der Waals surface area contributed by atoms with Gasteiger partial charge in [-0.05, 0) is 36.8 Å². The van der Waals surface area contributed by atoms with E-state index in [0.717, 1.165) is 11.3 Å². The van der Waals surface area contributed by atoms with Crippen molar-refractivity contribution in [2.75, 3.05) is 19.5 Å². The highest BCUT2D eigenvalue weighted by molar-refractivity contribution is 7.14. The number of nitrogens with one attached hydrogen (secondary N) is 1. The average Bonchev–Trinajstić information content (AvgIpc) is 3.23. The van der Waals surface area contributed by atoms with Crippen molar-refractivity contribution in [3.05, 3.63) is 47.0 Å². The van der Waals surface area contributed by atoms with E-state index in [1.807, 2.05) is 30.5 Å². The number of amides is 1. The Kier molecular flexibility index (Phi) is 5.04. The van der Waals surface area contributed by atoms with Crippen LogP contribution in [-0.2, 0) is 11.2 Å². The SMILES string of the molecule is COc1ccc(CC(=O)Nc2nc(-c3ccc(C)o3)cs2)cc1OC. The quantitative estimate of drug-likeness (QED) is 0.723. The maximum atomic E-state index is 12.2. The second-order valence-corrected chi connectivity index (χ2v) is 6.22. The van der Waals surface area contributed by atoms with Crippen LogP contribution in [0.25, 0.3) is 11.5 Å². The molecule has 2 heterocycles. The van der Waals surface area contributed by atoms with E-state index in [2.05, 4.69) is 10.3 Å². The first-order chi connectivity index (χ1) is 12.1. The third-order valence-corrected chi connectivity index (χ3v) is 4.31. The first-order valence-electron chi connectivity index (χ1n) is 7.62. The van der Waals surface area contributed by atoms with Gasteiger partial charge in [-0.3, -0.25) is 4.79 Å². The summed E-state index contributed by atoms with van der Waals surface area (Å²) < 4.78 is 16.0. The molecule has 0 bridgehead atoms. The number of carbonyl (C=O) groups is 1. The van der Waals surface area contributed by atoms with Gasteiger partial charge in [-0.15, -0.1) is 11.3 Å². The van der Waals surface area contributed by atoms with Crippen LogP contribution in [0.5, 0.6) is 11.5 Å². The van der Waals surface area contributed by atoms with Crippen molar-refractivity contribution < 1.29 is 18.7 Å². The number of anilines is 1. The molecule has 0 spiro atoms. The number of carbonyl (C=O) groups excluding carboxylic acids is 1. The molecule has 25 heavy (non-hydrogen) atoms. The van der Waals surface area contributed by atoms with E-state index in [0.29, 0.717) is 28.1 Å². The van der Waals surface area contributed by atoms with Gasteiger partial charge >= 0.3 is 0 Å². The molecule has 0 saturated carbocycles. The number of benzene rings is 1. The van der Waals surface area contributed by atoms with Crippen LogP contribution in [0.3, 0.4) is 0 Å². The van der Waals surface area contributed by atoms with Crippen molar-refractivity contribution in [2.24, 2.45) is 0 Å². The zero-order valence-corrected chi connectivity index (χ0v) is 15.0. The fourth-order valence-electron chi connectivity index (χ4n) is 2.36. The van der Waals surface area contributed by atoms with Gasteiger partial charge in [0.1, 0.15) is 11.5 Å². The lowest BCUT2D eigenvalue weighted by Crippen LogP contribution is -2.14. The molecule has 1 N–H and O–H groups in total. The lowest BCUT2D eigenvalue weighted by atomic mass is 10.1. The smallest absolute Gasteiger partial charge is 0.230 e. The van der Waals surface area contributed by atoms with Gasteiger partial charge in [-0.1, -0.05) is 6.07 Å². The molecule has 0 saturated heterocycles. The molecule has 1 amide bonds. The van der Waals surface area contributed by atoms with Crippen LogP contribution in [0.2, 0.25) is 0 Å². The number of nitrogens with zero attached hydrogens (tertiary/aromatic N) is 1. The average molecular weight is 358 g/mol. The number of methoxy groups -OCH3 is 2. The van der Waals surface area contributed by atoms with Gasteiger partial charge in [-0.2, -0.15) is 0 Å². The topological polar surface area (TPSA) is 73.6 Å². The highest BCUT2D eigenvalue weighted by Gasteiger charge is 2.12. The van der Waals surface area contributed by atoms with Crippen LogP contribution in [0, 0.1) is 6.92 Å². The molecule has 0 aliphatic heterocycles. The number of hydrogen-bond acceptors (Lipinski definition) is 6. The molecule has 0 fully saturated rings. The van der Waals surface area contributed by atoms with Gasteiger partial charge in [0.25, 0.3) is 0 Å². The maximum absolute atomic E-state index is 12.2. The second-order valence-electron chi connectivity index (χ2n) is 5.36. The molecular formula is C18H18N2O4S. The van der Waals surface area contributed by atoms with E-state index >= 15 is 0 Å². The highest BCUT2D eigenvalue weighted by Crippen LogP contribution is 2.28. The van der Waals surface area contributed by atoms with E-state index in [4.69, 9.17) is 13.9 Å². The zero-order chi connectivity index (χ0) is 17.8. The molecule has 0 unspecified atom stereocenters. The lowest BCUT2D eigenvalue weighted by Gasteiger charge is -2.09. The van der Waals surface area contributed by atoms with E-state index < -0.39 is 0 Å². The molecule has 0 aliphatic rings. The van der Waals surface area contributed by atoms with Gasteiger partial charge in [0.15, 0.2) is 22.4 Å². The highest BCUT2D eigenvalue weighted by atomic mass is 32.1. The molecule has 3 rings (SSSR count). The minimum absolute atomic E-state index is 0.149. The molecule has 7 heteroatoms. The minimum atomic E-state index is -0.149. The fourth-order valence-corrected chi connectivity index (χ4v) is 3.07. The lowest BCUT2D eigenvalue weighted by molar-refractivity contribution is -0.115. The third kappa shape index (κ3) is 4.00. The van der Waals surface area contributed by atoms with Crippen molar-refractivity contribution in [1.29, 1.82) is 0 Å². The summed E-state index contributed by atoms with van der Waals surface area (Å²) in [5.41, 5.74) is 1.54. The Morgan fingerprint density at radius 1 is 1.20 bits per heavy atom. The van der Waals surface area contributed by atoms with Gasteiger partial charge in [0.05, 0.1) is 20.6 Å². The molecule has 0 aliphatic carbocycles. The van der Waals surface area contributed by atoms with Gasteiger partial charge in [-0.25, -0.2) is 4.98 Å². The van der Waals surface area contributed by atoms with Crippen LogP contribution < -0.4 is 14.8 Å². The van der Waals surface area contributed by atoms with E-state index in [1.165, 1.54) is 11.3 Å². The summed E-state index contributed by atoms with van der Waals surface area (Å²) in [4.78, 5) is 16.6. The van der Waals surface area contributed by atoms with Crippen molar-refractivity contribution >= 4 is 22.4 Å². The van der Waals surface area contributed by atoms with Crippen molar-refractivity contribution in [3.8, 4) is 23.0 Å². The summed E-state index contributed by atoms with van der Waals surface area (Å²) in [7, 11) is 3.14. The number of rotatable bonds is 6. The van der Waals surface area contributed by atoms with Gasteiger partial charge in [0.2, 0.25) is 5.91 Å². The minimum Gasteiger partial charge on any atom is -0.493 e. The van der Waals surface area contributed by atoms with Crippen LogP contribution in [0.1, 0.15) is 11.3 Å². The molecule has 130 valence electrons. The van der Waals surface area contributed by atoms with Crippen LogP contribution >= 0.6 is 11.3 Å². The summed E-state index contributed by atoms with van der Waals surface area (Å²) in [5.74, 6) is 2.59. The molecule has 0 atom stereocenters. The second kappa shape index (κ2) is 7.40. The van der Waals surface area contributed by atoms with Gasteiger partial charge < -0.3 is 19.2 Å².